The SMILES string of the molecule is Cc1nc2nc(C)c(N3CC[C@@H](c4ccc(Cl)cc4)C3)c(=O)n2[nH]1. The number of fused-ring (bicyclic) bond motifs is 1. The highest BCUT2D eigenvalue weighted by Crippen LogP contribution is 2.31. The molecule has 1 fully saturated rings. The van der Waals surface area contributed by atoms with Gasteiger partial charge in [0.15, 0.2) is 0 Å². The van der Waals surface area contributed by atoms with Gasteiger partial charge < -0.3 is 4.90 Å². The van der Waals surface area contributed by atoms with Crippen molar-refractivity contribution in [3.63, 3.8) is 0 Å². The fourth-order valence-corrected chi connectivity index (χ4v) is 3.58. The first kappa shape index (κ1) is 15.2. The maximum Gasteiger partial charge on any atom is 0.297 e. The van der Waals surface area contributed by atoms with Crippen LogP contribution < -0.4 is 10.5 Å². The smallest absolute Gasteiger partial charge is 0.297 e. The van der Waals surface area contributed by atoms with E-state index in [9.17, 15) is 4.79 Å². The lowest BCUT2D eigenvalue weighted by molar-refractivity contribution is 0.773. The number of nitrogens with zero attached hydrogens (tertiary/aromatic N) is 4. The van der Waals surface area contributed by atoms with Crippen LogP contribution in [0, 0.1) is 13.8 Å². The van der Waals surface area contributed by atoms with Gasteiger partial charge in [-0.25, -0.2) is 4.98 Å². The van der Waals surface area contributed by atoms with Gasteiger partial charge in [-0.1, -0.05) is 23.7 Å². The van der Waals surface area contributed by atoms with Gasteiger partial charge in [0.1, 0.15) is 11.5 Å². The van der Waals surface area contributed by atoms with E-state index in [0.29, 0.717) is 23.2 Å². The third-order valence-electron chi connectivity index (χ3n) is 4.60. The van der Waals surface area contributed by atoms with Crippen molar-refractivity contribution >= 4 is 23.1 Å². The molecule has 0 amide bonds. The van der Waals surface area contributed by atoms with E-state index in [4.69, 9.17) is 11.6 Å². The van der Waals surface area contributed by atoms with Crippen molar-refractivity contribution in [2.45, 2.75) is 26.2 Å². The normalized spacial score (nSPS) is 17.8. The Balaban J connectivity index is 1.69. The lowest BCUT2D eigenvalue weighted by atomic mass is 9.99. The van der Waals surface area contributed by atoms with Crippen molar-refractivity contribution in [3.05, 3.63) is 56.7 Å². The van der Waals surface area contributed by atoms with Crippen LogP contribution in [-0.4, -0.2) is 32.7 Å². The fraction of sp³-hybridized carbons (Fsp3) is 0.353. The van der Waals surface area contributed by atoms with E-state index in [1.54, 1.807) is 0 Å². The highest BCUT2D eigenvalue weighted by atomic mass is 35.5. The average molecular weight is 344 g/mol. The van der Waals surface area contributed by atoms with E-state index in [1.165, 1.54) is 10.1 Å². The van der Waals surface area contributed by atoms with Gasteiger partial charge in [0.05, 0.1) is 5.69 Å². The summed E-state index contributed by atoms with van der Waals surface area (Å²) < 4.78 is 1.42. The Labute approximate surface area is 144 Å². The molecule has 124 valence electrons. The molecular weight excluding hydrogens is 326 g/mol. The zero-order chi connectivity index (χ0) is 16.8. The summed E-state index contributed by atoms with van der Waals surface area (Å²) in [5, 5.41) is 3.70. The quantitative estimate of drug-likeness (QED) is 0.777. The number of H-pyrrole nitrogens is 1. The summed E-state index contributed by atoms with van der Waals surface area (Å²) in [6, 6.07) is 7.97. The number of aromatic nitrogens is 4. The van der Waals surface area contributed by atoms with Crippen LogP contribution in [0.4, 0.5) is 5.69 Å². The van der Waals surface area contributed by atoms with Crippen LogP contribution in [0.3, 0.4) is 0 Å². The lowest BCUT2D eigenvalue weighted by Gasteiger charge is -2.19. The monoisotopic (exact) mass is 343 g/mol. The Morgan fingerprint density at radius 3 is 2.71 bits per heavy atom. The van der Waals surface area contributed by atoms with Crippen molar-refractivity contribution < 1.29 is 0 Å². The highest BCUT2D eigenvalue weighted by molar-refractivity contribution is 6.30. The van der Waals surface area contributed by atoms with Gasteiger partial charge in [0.2, 0.25) is 0 Å². The molecule has 3 heterocycles. The Bertz CT molecular complexity index is 960. The molecule has 24 heavy (non-hydrogen) atoms. The van der Waals surface area contributed by atoms with Crippen molar-refractivity contribution in [2.75, 3.05) is 18.0 Å². The van der Waals surface area contributed by atoms with Crippen LogP contribution >= 0.6 is 11.6 Å². The van der Waals surface area contributed by atoms with Crippen LogP contribution in [0.25, 0.3) is 5.78 Å². The number of benzene rings is 1. The van der Waals surface area contributed by atoms with Crippen LogP contribution in [0.1, 0.15) is 29.4 Å². The zero-order valence-electron chi connectivity index (χ0n) is 13.6. The molecule has 1 aliphatic heterocycles. The van der Waals surface area contributed by atoms with Gasteiger partial charge in [-0.05, 0) is 38.0 Å². The summed E-state index contributed by atoms with van der Waals surface area (Å²) in [5.74, 6) is 1.49. The van der Waals surface area contributed by atoms with Crippen LogP contribution in [0.15, 0.2) is 29.1 Å². The van der Waals surface area contributed by atoms with Gasteiger partial charge in [0, 0.05) is 24.0 Å². The Morgan fingerprint density at radius 2 is 1.96 bits per heavy atom. The molecule has 0 unspecified atom stereocenters. The number of nitrogens with one attached hydrogen (secondary N) is 1. The van der Waals surface area contributed by atoms with Crippen molar-refractivity contribution in [1.82, 2.24) is 19.6 Å². The van der Waals surface area contributed by atoms with E-state index >= 15 is 0 Å². The minimum Gasteiger partial charge on any atom is -0.365 e. The second-order valence-electron chi connectivity index (χ2n) is 6.28. The average Bonchev–Trinajstić information content (AvgIpc) is 3.15. The Morgan fingerprint density at radius 1 is 1.21 bits per heavy atom. The third-order valence-corrected chi connectivity index (χ3v) is 4.86. The Kier molecular flexibility index (Phi) is 3.57. The van der Waals surface area contributed by atoms with E-state index in [2.05, 4.69) is 32.1 Å². The maximum absolute atomic E-state index is 12.8. The van der Waals surface area contributed by atoms with Crippen LogP contribution in [-0.2, 0) is 0 Å². The summed E-state index contributed by atoms with van der Waals surface area (Å²) in [4.78, 5) is 23.7. The van der Waals surface area contributed by atoms with Gasteiger partial charge in [-0.15, -0.1) is 0 Å². The number of hydrogen-bond acceptors (Lipinski definition) is 4. The molecule has 2 aromatic heterocycles. The van der Waals surface area contributed by atoms with E-state index < -0.39 is 0 Å². The molecule has 7 heteroatoms. The molecule has 0 radical (unpaired) electrons. The molecule has 6 nitrogen and oxygen atoms in total. The molecule has 3 aromatic rings. The van der Waals surface area contributed by atoms with Crippen molar-refractivity contribution in [3.8, 4) is 0 Å². The summed E-state index contributed by atoms with van der Waals surface area (Å²) >= 11 is 5.97. The summed E-state index contributed by atoms with van der Waals surface area (Å²) in [6.45, 7) is 5.33. The molecular formula is C17H18ClN5O. The number of aromatic amines is 1. The minimum absolute atomic E-state index is 0.0881. The molecule has 1 saturated heterocycles. The number of anilines is 1. The van der Waals surface area contributed by atoms with Crippen LogP contribution in [0.5, 0.6) is 0 Å². The molecule has 1 aliphatic rings. The molecule has 4 rings (SSSR count). The van der Waals surface area contributed by atoms with Crippen molar-refractivity contribution in [2.24, 2.45) is 0 Å². The molecule has 0 spiro atoms. The molecule has 1 N–H and O–H groups in total. The summed E-state index contributed by atoms with van der Waals surface area (Å²) in [5.41, 5.74) is 2.55. The molecule has 0 bridgehead atoms. The first-order chi connectivity index (χ1) is 11.5. The number of rotatable bonds is 2. The summed E-state index contributed by atoms with van der Waals surface area (Å²) in [6.07, 6.45) is 1.01. The van der Waals surface area contributed by atoms with E-state index in [1.807, 2.05) is 26.0 Å². The largest absolute Gasteiger partial charge is 0.365 e. The molecule has 0 saturated carbocycles. The predicted molar refractivity (Wildman–Crippen MR) is 94.1 cm³/mol. The second kappa shape index (κ2) is 5.63. The summed E-state index contributed by atoms with van der Waals surface area (Å²) in [7, 11) is 0. The second-order valence-corrected chi connectivity index (χ2v) is 6.72. The predicted octanol–water partition coefficient (Wildman–Crippen LogP) is 2.68. The Hall–Kier alpha value is -2.34. The lowest BCUT2D eigenvalue weighted by Crippen LogP contribution is -2.30. The third kappa shape index (κ3) is 2.47. The van der Waals surface area contributed by atoms with E-state index in [0.717, 1.165) is 30.2 Å². The number of aryl methyl sites for hydroxylation is 2. The first-order valence-electron chi connectivity index (χ1n) is 7.99. The standard InChI is InChI=1S/C17H18ClN5O/c1-10-15(16(24)23-17(19-10)20-11(2)21-23)22-8-7-13(9-22)12-3-5-14(18)6-4-12/h3-6,13H,7-9H2,1-2H3,(H,19,20,21)/t13-/m1/s1. The topological polar surface area (TPSA) is 66.3 Å². The maximum atomic E-state index is 12.8. The zero-order valence-corrected chi connectivity index (χ0v) is 14.3. The van der Waals surface area contributed by atoms with Gasteiger partial charge >= 0.3 is 0 Å². The van der Waals surface area contributed by atoms with Gasteiger partial charge in [-0.2, -0.15) is 9.50 Å². The van der Waals surface area contributed by atoms with Crippen LogP contribution in [0.2, 0.25) is 5.02 Å². The van der Waals surface area contributed by atoms with Gasteiger partial charge in [0.25, 0.3) is 11.3 Å². The minimum atomic E-state index is -0.0881. The van der Waals surface area contributed by atoms with Gasteiger partial charge in [-0.3, -0.25) is 9.89 Å². The first-order valence-corrected chi connectivity index (χ1v) is 8.37. The molecule has 1 aromatic carbocycles. The number of hydrogen-bond donors (Lipinski definition) is 1. The molecule has 0 aliphatic carbocycles. The molecule has 1 atom stereocenters. The number of halogens is 1. The highest BCUT2D eigenvalue weighted by Gasteiger charge is 2.28. The van der Waals surface area contributed by atoms with E-state index in [-0.39, 0.29) is 5.56 Å². The van der Waals surface area contributed by atoms with Crippen molar-refractivity contribution in [1.29, 1.82) is 0 Å². The fourth-order valence-electron chi connectivity index (χ4n) is 3.45.